The van der Waals surface area contributed by atoms with Crippen molar-refractivity contribution >= 4 is 27.8 Å². The van der Waals surface area contributed by atoms with Crippen molar-refractivity contribution in [2.75, 3.05) is 26.9 Å². The highest BCUT2D eigenvalue weighted by Gasteiger charge is 2.20. The molecular formula is C10H16BrNO5. The zero-order chi connectivity index (χ0) is 13.3. The highest BCUT2D eigenvalue weighted by atomic mass is 79.9. The highest BCUT2D eigenvalue weighted by molar-refractivity contribution is 9.11. The van der Waals surface area contributed by atoms with Crippen LogP contribution in [0.4, 0.5) is 0 Å². The smallest absolute Gasteiger partial charge is 0.326 e. The van der Waals surface area contributed by atoms with E-state index in [0.717, 1.165) is 0 Å². The Bertz CT molecular complexity index is 282. The Morgan fingerprint density at radius 2 is 2.12 bits per heavy atom. The van der Waals surface area contributed by atoms with Crippen LogP contribution in [0.25, 0.3) is 0 Å². The summed E-state index contributed by atoms with van der Waals surface area (Å²) in [6.45, 7) is 4.00. The number of ether oxygens (including phenoxy) is 2. The van der Waals surface area contributed by atoms with E-state index in [4.69, 9.17) is 14.6 Å². The molecule has 98 valence electrons. The van der Waals surface area contributed by atoms with E-state index in [2.05, 4.69) is 27.8 Å². The Morgan fingerprint density at radius 1 is 1.47 bits per heavy atom. The average molecular weight is 310 g/mol. The Labute approximate surface area is 108 Å². The molecule has 0 aliphatic carbocycles. The molecule has 17 heavy (non-hydrogen) atoms. The molecule has 2 N–H and O–H groups in total. The fourth-order valence-electron chi connectivity index (χ4n) is 0.965. The van der Waals surface area contributed by atoms with Crippen LogP contribution in [0, 0.1) is 0 Å². The summed E-state index contributed by atoms with van der Waals surface area (Å²) in [6.07, 6.45) is 0.124. The summed E-state index contributed by atoms with van der Waals surface area (Å²) in [4.78, 5) is 22.1. The van der Waals surface area contributed by atoms with E-state index in [0.29, 0.717) is 11.1 Å². The van der Waals surface area contributed by atoms with Gasteiger partial charge in [-0.1, -0.05) is 22.5 Å². The number of methoxy groups -OCH3 is 1. The first-order chi connectivity index (χ1) is 7.97. The van der Waals surface area contributed by atoms with Crippen molar-refractivity contribution in [3.63, 3.8) is 0 Å². The predicted octanol–water partition coefficient (Wildman–Crippen LogP) is 0.518. The molecule has 1 atom stereocenters. The minimum absolute atomic E-state index is 0.124. The molecule has 0 saturated heterocycles. The van der Waals surface area contributed by atoms with Gasteiger partial charge in [0.15, 0.2) is 0 Å². The van der Waals surface area contributed by atoms with E-state index in [1.54, 1.807) is 0 Å². The molecule has 6 nitrogen and oxygen atoms in total. The highest BCUT2D eigenvalue weighted by Crippen LogP contribution is 2.10. The molecule has 0 radical (unpaired) electrons. The Balaban J connectivity index is 3.96. The maximum absolute atomic E-state index is 11.3. The molecule has 0 spiro atoms. The lowest BCUT2D eigenvalue weighted by molar-refractivity contribution is -0.142. The van der Waals surface area contributed by atoms with Crippen LogP contribution < -0.4 is 5.32 Å². The van der Waals surface area contributed by atoms with Crippen LogP contribution >= 0.6 is 15.9 Å². The van der Waals surface area contributed by atoms with Crippen molar-refractivity contribution in [3.05, 3.63) is 11.1 Å². The second-order valence-corrected chi connectivity index (χ2v) is 4.35. The topological polar surface area (TPSA) is 84.9 Å². The zero-order valence-electron chi connectivity index (χ0n) is 9.57. The fourth-order valence-corrected chi connectivity index (χ4v) is 1.29. The van der Waals surface area contributed by atoms with Gasteiger partial charge in [-0.05, 0) is 4.48 Å². The van der Waals surface area contributed by atoms with Crippen LogP contribution in [0.1, 0.15) is 6.42 Å². The summed E-state index contributed by atoms with van der Waals surface area (Å²) in [5, 5.41) is 11.2. The van der Waals surface area contributed by atoms with E-state index >= 15 is 0 Å². The van der Waals surface area contributed by atoms with Gasteiger partial charge in [-0.2, -0.15) is 0 Å². The summed E-state index contributed by atoms with van der Waals surface area (Å²) >= 11 is 3.05. The number of rotatable bonds is 9. The number of carboxylic acids is 1. The fraction of sp³-hybridized carbons (Fsp3) is 0.600. The first-order valence-electron chi connectivity index (χ1n) is 4.89. The van der Waals surface area contributed by atoms with Crippen molar-refractivity contribution < 1.29 is 24.2 Å². The number of hydrogen-bond acceptors (Lipinski definition) is 4. The summed E-state index contributed by atoms with van der Waals surface area (Å²) < 4.78 is 10.2. The Morgan fingerprint density at radius 3 is 2.59 bits per heavy atom. The summed E-state index contributed by atoms with van der Waals surface area (Å²) in [5.41, 5.74) is 0. The third-order valence-electron chi connectivity index (χ3n) is 1.72. The maximum atomic E-state index is 11.3. The number of carboxylic acid groups (broad SMARTS) is 1. The van der Waals surface area contributed by atoms with Crippen LogP contribution in [-0.2, 0) is 19.1 Å². The average Bonchev–Trinajstić information content (AvgIpc) is 2.22. The molecule has 0 bridgehead atoms. The molecule has 0 saturated carbocycles. The minimum Gasteiger partial charge on any atom is -0.480 e. The van der Waals surface area contributed by atoms with Crippen molar-refractivity contribution in [2.45, 2.75) is 12.5 Å². The minimum atomic E-state index is -1.11. The third kappa shape index (κ3) is 8.84. The second kappa shape index (κ2) is 9.15. The number of carbonyl (C=O) groups excluding carboxylic acids is 1. The van der Waals surface area contributed by atoms with Gasteiger partial charge >= 0.3 is 5.97 Å². The first kappa shape index (κ1) is 16.1. The number of aliphatic carboxylic acids is 1. The standard InChI is InChI=1S/C10H16BrNO5/c1-7(11)5-8(10(14)15)12-9(13)6-17-4-3-16-2/h8H,1,3-6H2,2H3,(H,12,13)(H,14,15)/t8-/m1/s1. The lowest BCUT2D eigenvalue weighted by Crippen LogP contribution is -2.42. The quantitative estimate of drug-likeness (QED) is 0.606. The van der Waals surface area contributed by atoms with E-state index < -0.39 is 17.9 Å². The molecule has 0 unspecified atom stereocenters. The third-order valence-corrected chi connectivity index (χ3v) is 2.05. The van der Waals surface area contributed by atoms with E-state index in [1.165, 1.54) is 7.11 Å². The lowest BCUT2D eigenvalue weighted by Gasteiger charge is -2.13. The van der Waals surface area contributed by atoms with Crippen molar-refractivity contribution in [3.8, 4) is 0 Å². The lowest BCUT2D eigenvalue weighted by atomic mass is 10.2. The molecular weight excluding hydrogens is 294 g/mol. The summed E-state index contributed by atoms with van der Waals surface area (Å²) in [5.74, 6) is -1.60. The van der Waals surface area contributed by atoms with E-state index in [-0.39, 0.29) is 19.6 Å². The maximum Gasteiger partial charge on any atom is 0.326 e. The molecule has 0 fully saturated rings. The number of halogens is 1. The van der Waals surface area contributed by atoms with Crippen LogP contribution in [0.2, 0.25) is 0 Å². The Kier molecular flexibility index (Phi) is 8.65. The molecule has 1 amide bonds. The van der Waals surface area contributed by atoms with E-state index in [1.807, 2.05) is 0 Å². The van der Waals surface area contributed by atoms with Gasteiger partial charge in [0, 0.05) is 13.5 Å². The number of amides is 1. The van der Waals surface area contributed by atoms with E-state index in [9.17, 15) is 9.59 Å². The van der Waals surface area contributed by atoms with Gasteiger partial charge in [-0.25, -0.2) is 4.79 Å². The molecule has 0 aliphatic heterocycles. The van der Waals surface area contributed by atoms with Crippen molar-refractivity contribution in [1.29, 1.82) is 0 Å². The van der Waals surface area contributed by atoms with Gasteiger partial charge in [0.2, 0.25) is 5.91 Å². The predicted molar refractivity (Wildman–Crippen MR) is 64.9 cm³/mol. The molecule has 0 aliphatic rings. The zero-order valence-corrected chi connectivity index (χ0v) is 11.2. The van der Waals surface area contributed by atoms with Crippen LogP contribution in [-0.4, -0.2) is 50.0 Å². The molecule has 0 aromatic rings. The van der Waals surface area contributed by atoms with Crippen LogP contribution in [0.15, 0.2) is 11.1 Å². The van der Waals surface area contributed by atoms with Crippen LogP contribution in [0.5, 0.6) is 0 Å². The number of nitrogens with one attached hydrogen (secondary N) is 1. The van der Waals surface area contributed by atoms with Gasteiger partial charge in [-0.15, -0.1) is 0 Å². The van der Waals surface area contributed by atoms with Crippen LogP contribution in [0.3, 0.4) is 0 Å². The van der Waals surface area contributed by atoms with Gasteiger partial charge in [0.25, 0.3) is 0 Å². The SMILES string of the molecule is C=C(Br)C[C@@H](NC(=O)COCCOC)C(=O)O. The van der Waals surface area contributed by atoms with Gasteiger partial charge < -0.3 is 19.9 Å². The summed E-state index contributed by atoms with van der Waals surface area (Å²) in [7, 11) is 1.52. The second-order valence-electron chi connectivity index (χ2n) is 3.23. The number of carbonyl (C=O) groups is 2. The van der Waals surface area contributed by atoms with Gasteiger partial charge in [-0.3, -0.25) is 4.79 Å². The van der Waals surface area contributed by atoms with Gasteiger partial charge in [0.1, 0.15) is 12.6 Å². The molecule has 0 rings (SSSR count). The largest absolute Gasteiger partial charge is 0.480 e. The normalized spacial score (nSPS) is 11.9. The monoisotopic (exact) mass is 309 g/mol. The molecule has 7 heteroatoms. The van der Waals surface area contributed by atoms with Crippen molar-refractivity contribution in [2.24, 2.45) is 0 Å². The van der Waals surface area contributed by atoms with Crippen molar-refractivity contribution in [1.82, 2.24) is 5.32 Å². The van der Waals surface area contributed by atoms with Gasteiger partial charge in [0.05, 0.1) is 13.2 Å². The number of hydrogen-bond donors (Lipinski definition) is 2. The summed E-state index contributed by atoms with van der Waals surface area (Å²) in [6, 6.07) is -1.000. The Hall–Kier alpha value is -0.920. The molecule has 0 aromatic heterocycles. The molecule has 0 heterocycles. The molecule has 0 aromatic carbocycles. The first-order valence-corrected chi connectivity index (χ1v) is 5.68.